The highest BCUT2D eigenvalue weighted by atomic mass is 32.2. The van der Waals surface area contributed by atoms with Gasteiger partial charge in [-0.25, -0.2) is 0 Å². The number of aromatic nitrogens is 3. The van der Waals surface area contributed by atoms with Crippen molar-refractivity contribution >= 4 is 23.4 Å². The number of para-hydroxylation sites is 2. The lowest BCUT2D eigenvalue weighted by atomic mass is 10.1. The van der Waals surface area contributed by atoms with Gasteiger partial charge in [0, 0.05) is 12.1 Å². The van der Waals surface area contributed by atoms with Crippen LogP contribution in [0.1, 0.15) is 25.8 Å². The summed E-state index contributed by atoms with van der Waals surface area (Å²) in [7, 11) is 0. The topological polar surface area (TPSA) is 69.0 Å². The first-order chi connectivity index (χ1) is 14.1. The highest BCUT2D eigenvalue weighted by molar-refractivity contribution is 7.99. The molecule has 0 saturated heterocycles. The van der Waals surface area contributed by atoms with Crippen molar-refractivity contribution in [3.63, 3.8) is 0 Å². The van der Waals surface area contributed by atoms with Gasteiger partial charge in [0.25, 0.3) is 0 Å². The van der Waals surface area contributed by atoms with Crippen molar-refractivity contribution in [1.29, 1.82) is 0 Å². The van der Waals surface area contributed by atoms with Crippen molar-refractivity contribution in [2.24, 2.45) is 0 Å². The molecule has 0 radical (unpaired) electrons. The summed E-state index contributed by atoms with van der Waals surface area (Å²) in [5, 5.41) is 12.3. The first kappa shape index (κ1) is 20.9. The number of amides is 1. The summed E-state index contributed by atoms with van der Waals surface area (Å²) in [5.41, 5.74) is 2.89. The minimum absolute atomic E-state index is 0.106. The van der Waals surface area contributed by atoms with Crippen LogP contribution in [0.2, 0.25) is 0 Å². The SMILES string of the molecule is CCCOc1ccccc1NC(=O)CSc1nnc(-c2ccccc2C)n1CC. The first-order valence-electron chi connectivity index (χ1n) is 9.77. The molecule has 1 aromatic heterocycles. The van der Waals surface area contributed by atoms with Crippen molar-refractivity contribution in [2.75, 3.05) is 17.7 Å². The second-order valence-corrected chi connectivity index (χ2v) is 7.49. The van der Waals surface area contributed by atoms with E-state index in [1.165, 1.54) is 11.8 Å². The van der Waals surface area contributed by atoms with Crippen molar-refractivity contribution in [1.82, 2.24) is 14.8 Å². The van der Waals surface area contributed by atoms with Gasteiger partial charge in [-0.3, -0.25) is 4.79 Å². The zero-order chi connectivity index (χ0) is 20.6. The van der Waals surface area contributed by atoms with E-state index in [4.69, 9.17) is 4.74 Å². The molecule has 1 heterocycles. The lowest BCUT2D eigenvalue weighted by Crippen LogP contribution is -2.15. The molecule has 0 saturated carbocycles. The molecule has 3 rings (SSSR count). The van der Waals surface area contributed by atoms with Gasteiger partial charge < -0.3 is 14.6 Å². The molecular formula is C22H26N4O2S. The van der Waals surface area contributed by atoms with Crippen LogP contribution < -0.4 is 10.1 Å². The molecular weight excluding hydrogens is 384 g/mol. The van der Waals surface area contributed by atoms with Crippen LogP contribution in [0.25, 0.3) is 11.4 Å². The van der Waals surface area contributed by atoms with E-state index in [1.807, 2.05) is 54.0 Å². The Morgan fingerprint density at radius 2 is 1.86 bits per heavy atom. The van der Waals surface area contributed by atoms with Gasteiger partial charge in [-0.1, -0.05) is 55.1 Å². The number of thioether (sulfide) groups is 1. The number of hydrogen-bond acceptors (Lipinski definition) is 5. The van der Waals surface area contributed by atoms with E-state index < -0.39 is 0 Å². The molecule has 3 aromatic rings. The second kappa shape index (κ2) is 10.1. The second-order valence-electron chi connectivity index (χ2n) is 6.55. The fourth-order valence-corrected chi connectivity index (χ4v) is 3.73. The van der Waals surface area contributed by atoms with Gasteiger partial charge in [0.15, 0.2) is 11.0 Å². The van der Waals surface area contributed by atoms with Crippen LogP contribution in [0.15, 0.2) is 53.7 Å². The number of aryl methyl sites for hydroxylation is 1. The van der Waals surface area contributed by atoms with E-state index in [-0.39, 0.29) is 11.7 Å². The highest BCUT2D eigenvalue weighted by Gasteiger charge is 2.16. The molecule has 0 aliphatic heterocycles. The standard InChI is InChI=1S/C22H26N4O2S/c1-4-14-28-19-13-9-8-12-18(19)23-20(27)15-29-22-25-24-21(26(22)5-2)17-11-7-6-10-16(17)3/h6-13H,4-5,14-15H2,1-3H3,(H,23,27). The average Bonchev–Trinajstić information content (AvgIpc) is 3.14. The summed E-state index contributed by atoms with van der Waals surface area (Å²) >= 11 is 1.38. The molecule has 6 nitrogen and oxygen atoms in total. The number of nitrogens with one attached hydrogen (secondary N) is 1. The molecule has 0 aliphatic rings. The molecule has 0 spiro atoms. The van der Waals surface area contributed by atoms with Gasteiger partial charge in [0.1, 0.15) is 5.75 Å². The zero-order valence-corrected chi connectivity index (χ0v) is 17.8. The van der Waals surface area contributed by atoms with Crippen LogP contribution in [0.3, 0.4) is 0 Å². The van der Waals surface area contributed by atoms with E-state index in [0.29, 0.717) is 18.0 Å². The van der Waals surface area contributed by atoms with Crippen LogP contribution in [-0.4, -0.2) is 33.0 Å². The average molecular weight is 411 g/mol. The summed E-state index contributed by atoms with van der Waals surface area (Å²) < 4.78 is 7.74. The Balaban J connectivity index is 1.68. The van der Waals surface area contributed by atoms with E-state index >= 15 is 0 Å². The third-order valence-corrected chi connectivity index (χ3v) is 5.34. The third kappa shape index (κ3) is 5.17. The third-order valence-electron chi connectivity index (χ3n) is 4.37. The molecule has 0 fully saturated rings. The number of anilines is 1. The monoisotopic (exact) mass is 410 g/mol. The predicted molar refractivity (Wildman–Crippen MR) is 117 cm³/mol. The Morgan fingerprint density at radius 3 is 2.62 bits per heavy atom. The van der Waals surface area contributed by atoms with Gasteiger partial charge in [-0.15, -0.1) is 10.2 Å². The Hall–Kier alpha value is -2.80. The van der Waals surface area contributed by atoms with E-state index in [0.717, 1.165) is 35.1 Å². The Morgan fingerprint density at radius 1 is 1.10 bits per heavy atom. The zero-order valence-electron chi connectivity index (χ0n) is 17.0. The number of hydrogen-bond donors (Lipinski definition) is 1. The smallest absolute Gasteiger partial charge is 0.234 e. The Bertz CT molecular complexity index is 971. The molecule has 152 valence electrons. The van der Waals surface area contributed by atoms with Crippen molar-refractivity contribution in [2.45, 2.75) is 38.9 Å². The van der Waals surface area contributed by atoms with E-state index in [1.54, 1.807) is 0 Å². The molecule has 1 N–H and O–H groups in total. The quantitative estimate of drug-likeness (QED) is 0.514. The van der Waals surface area contributed by atoms with Gasteiger partial charge in [-0.2, -0.15) is 0 Å². The summed E-state index contributed by atoms with van der Waals surface area (Å²) in [5.74, 6) is 1.65. The van der Waals surface area contributed by atoms with Crippen molar-refractivity contribution in [3.05, 3.63) is 54.1 Å². The highest BCUT2D eigenvalue weighted by Crippen LogP contribution is 2.27. The largest absolute Gasteiger partial charge is 0.491 e. The predicted octanol–water partition coefficient (Wildman–Crippen LogP) is 4.79. The van der Waals surface area contributed by atoms with Gasteiger partial charge in [0.05, 0.1) is 18.0 Å². The van der Waals surface area contributed by atoms with Crippen LogP contribution in [0.4, 0.5) is 5.69 Å². The molecule has 29 heavy (non-hydrogen) atoms. The molecule has 0 unspecified atom stereocenters. The van der Waals surface area contributed by atoms with E-state index in [2.05, 4.69) is 35.4 Å². The van der Waals surface area contributed by atoms with Crippen LogP contribution in [-0.2, 0) is 11.3 Å². The molecule has 0 aliphatic carbocycles. The molecule has 1 amide bonds. The van der Waals surface area contributed by atoms with Gasteiger partial charge in [0.2, 0.25) is 5.91 Å². The lowest BCUT2D eigenvalue weighted by Gasteiger charge is -2.12. The maximum Gasteiger partial charge on any atom is 0.234 e. The minimum Gasteiger partial charge on any atom is -0.491 e. The van der Waals surface area contributed by atoms with Crippen molar-refractivity contribution in [3.8, 4) is 17.1 Å². The lowest BCUT2D eigenvalue weighted by molar-refractivity contribution is -0.113. The molecule has 0 atom stereocenters. The summed E-state index contributed by atoms with van der Waals surface area (Å²) in [6.07, 6.45) is 0.911. The van der Waals surface area contributed by atoms with Crippen LogP contribution in [0.5, 0.6) is 5.75 Å². The Kier molecular flexibility index (Phi) is 7.30. The van der Waals surface area contributed by atoms with Crippen molar-refractivity contribution < 1.29 is 9.53 Å². The van der Waals surface area contributed by atoms with E-state index in [9.17, 15) is 4.79 Å². The first-order valence-corrected chi connectivity index (χ1v) is 10.8. The fraction of sp³-hybridized carbons (Fsp3) is 0.318. The molecule has 2 aromatic carbocycles. The van der Waals surface area contributed by atoms with Gasteiger partial charge >= 0.3 is 0 Å². The fourth-order valence-electron chi connectivity index (χ4n) is 2.93. The number of ether oxygens (including phenoxy) is 1. The van der Waals surface area contributed by atoms with Crippen LogP contribution >= 0.6 is 11.8 Å². The maximum atomic E-state index is 12.5. The maximum absolute atomic E-state index is 12.5. The summed E-state index contributed by atoms with van der Waals surface area (Å²) in [4.78, 5) is 12.5. The number of rotatable bonds is 9. The van der Waals surface area contributed by atoms with Gasteiger partial charge in [-0.05, 0) is 38.0 Å². The number of nitrogens with zero attached hydrogens (tertiary/aromatic N) is 3. The summed E-state index contributed by atoms with van der Waals surface area (Å²) in [6.45, 7) is 7.50. The number of carbonyl (C=O) groups excluding carboxylic acids is 1. The molecule has 0 bridgehead atoms. The molecule has 7 heteroatoms. The number of carbonyl (C=O) groups is 1. The minimum atomic E-state index is -0.106. The van der Waals surface area contributed by atoms with Crippen LogP contribution in [0, 0.1) is 6.92 Å². The normalized spacial score (nSPS) is 10.7. The Labute approximate surface area is 175 Å². The number of benzene rings is 2. The summed E-state index contributed by atoms with van der Waals surface area (Å²) in [6, 6.07) is 15.6.